The molecule has 0 bridgehead atoms. The molecule has 3 rings (SSSR count). The van der Waals surface area contributed by atoms with Gasteiger partial charge < -0.3 is 10.2 Å². The van der Waals surface area contributed by atoms with Crippen LogP contribution in [0.2, 0.25) is 5.02 Å². The number of hydrogen-bond donors (Lipinski definition) is 1. The summed E-state index contributed by atoms with van der Waals surface area (Å²) < 4.78 is 0. The summed E-state index contributed by atoms with van der Waals surface area (Å²) in [6.07, 6.45) is 1.35. The largest absolute Gasteiger partial charge is 0.339 e. The SMILES string of the molecule is Cc1cc(C)cc(NC(=O)C2CCN(C(=O)c3ccc(Cl)cc3)CC2)c1. The number of piperidine rings is 1. The second-order valence-electron chi connectivity index (χ2n) is 6.94. The summed E-state index contributed by atoms with van der Waals surface area (Å²) in [4.78, 5) is 26.9. The zero-order valence-electron chi connectivity index (χ0n) is 15.1. The monoisotopic (exact) mass is 370 g/mol. The van der Waals surface area contributed by atoms with Crippen molar-refractivity contribution in [2.45, 2.75) is 26.7 Å². The molecule has 2 amide bonds. The fraction of sp³-hybridized carbons (Fsp3) is 0.333. The Morgan fingerprint density at radius 2 is 1.58 bits per heavy atom. The lowest BCUT2D eigenvalue weighted by Crippen LogP contribution is -2.41. The molecule has 1 saturated heterocycles. The number of nitrogens with one attached hydrogen (secondary N) is 1. The van der Waals surface area contributed by atoms with E-state index in [0.717, 1.165) is 16.8 Å². The first-order valence-corrected chi connectivity index (χ1v) is 9.24. The molecule has 0 aliphatic carbocycles. The maximum atomic E-state index is 12.5. The lowest BCUT2D eigenvalue weighted by molar-refractivity contribution is -0.121. The van der Waals surface area contributed by atoms with Crippen molar-refractivity contribution < 1.29 is 9.59 Å². The van der Waals surface area contributed by atoms with Crippen LogP contribution in [0.25, 0.3) is 0 Å². The van der Waals surface area contributed by atoms with E-state index in [9.17, 15) is 9.59 Å². The molecule has 4 nitrogen and oxygen atoms in total. The summed E-state index contributed by atoms with van der Waals surface area (Å²) in [5.74, 6) is -0.0338. The second kappa shape index (κ2) is 7.92. The van der Waals surface area contributed by atoms with Gasteiger partial charge in [0.2, 0.25) is 5.91 Å². The Labute approximate surface area is 159 Å². The molecule has 1 N–H and O–H groups in total. The van der Waals surface area contributed by atoms with E-state index in [-0.39, 0.29) is 17.7 Å². The minimum Gasteiger partial charge on any atom is -0.339 e. The Balaban J connectivity index is 1.56. The van der Waals surface area contributed by atoms with Gasteiger partial charge in [0.25, 0.3) is 5.91 Å². The van der Waals surface area contributed by atoms with Crippen molar-refractivity contribution in [3.63, 3.8) is 0 Å². The fourth-order valence-electron chi connectivity index (χ4n) is 3.41. The zero-order valence-corrected chi connectivity index (χ0v) is 15.8. The van der Waals surface area contributed by atoms with Gasteiger partial charge in [-0.3, -0.25) is 9.59 Å². The average Bonchev–Trinajstić information content (AvgIpc) is 2.61. The van der Waals surface area contributed by atoms with Crippen LogP contribution in [0.4, 0.5) is 5.69 Å². The van der Waals surface area contributed by atoms with Crippen molar-refractivity contribution in [3.8, 4) is 0 Å². The summed E-state index contributed by atoms with van der Waals surface area (Å²) in [5, 5.41) is 3.63. The number of nitrogens with zero attached hydrogens (tertiary/aromatic N) is 1. The van der Waals surface area contributed by atoms with Crippen LogP contribution in [-0.2, 0) is 4.79 Å². The van der Waals surface area contributed by atoms with Gasteiger partial charge in [0.15, 0.2) is 0 Å². The van der Waals surface area contributed by atoms with Crippen LogP contribution in [0.1, 0.15) is 34.3 Å². The van der Waals surface area contributed by atoms with E-state index in [1.807, 2.05) is 30.9 Å². The Morgan fingerprint density at radius 1 is 1.00 bits per heavy atom. The van der Waals surface area contributed by atoms with Crippen molar-refractivity contribution in [3.05, 3.63) is 64.2 Å². The van der Waals surface area contributed by atoms with Gasteiger partial charge in [0, 0.05) is 35.3 Å². The number of carbonyl (C=O) groups excluding carboxylic acids is 2. The normalized spacial score (nSPS) is 15.0. The Kier molecular flexibility index (Phi) is 5.62. The van der Waals surface area contributed by atoms with E-state index in [2.05, 4.69) is 11.4 Å². The van der Waals surface area contributed by atoms with Crippen molar-refractivity contribution in [2.75, 3.05) is 18.4 Å². The fourth-order valence-corrected chi connectivity index (χ4v) is 3.54. The van der Waals surface area contributed by atoms with Crippen LogP contribution in [0, 0.1) is 19.8 Å². The highest BCUT2D eigenvalue weighted by Gasteiger charge is 2.27. The number of aryl methyl sites for hydroxylation is 2. The van der Waals surface area contributed by atoms with E-state index < -0.39 is 0 Å². The summed E-state index contributed by atoms with van der Waals surface area (Å²) in [7, 11) is 0. The molecule has 0 aromatic heterocycles. The highest BCUT2D eigenvalue weighted by molar-refractivity contribution is 6.30. The minimum atomic E-state index is -0.0647. The topological polar surface area (TPSA) is 49.4 Å². The summed E-state index contributed by atoms with van der Waals surface area (Å²) in [5.41, 5.74) is 3.73. The summed E-state index contributed by atoms with van der Waals surface area (Å²) in [6.45, 7) is 5.21. The van der Waals surface area contributed by atoms with Gasteiger partial charge in [0.05, 0.1) is 0 Å². The minimum absolute atomic E-state index is 0.00478. The third-order valence-electron chi connectivity index (χ3n) is 4.73. The van der Waals surface area contributed by atoms with Gasteiger partial charge in [-0.15, -0.1) is 0 Å². The second-order valence-corrected chi connectivity index (χ2v) is 7.38. The van der Waals surface area contributed by atoms with Gasteiger partial charge in [-0.1, -0.05) is 17.7 Å². The maximum Gasteiger partial charge on any atom is 0.253 e. The Morgan fingerprint density at radius 3 is 2.15 bits per heavy atom. The third kappa shape index (κ3) is 4.44. The summed E-state index contributed by atoms with van der Waals surface area (Å²) >= 11 is 5.87. The van der Waals surface area contributed by atoms with Crippen molar-refractivity contribution >= 4 is 29.1 Å². The van der Waals surface area contributed by atoms with E-state index in [1.54, 1.807) is 24.3 Å². The molecule has 0 atom stereocenters. The first kappa shape index (κ1) is 18.5. The molecule has 136 valence electrons. The standard InChI is InChI=1S/C21H23ClN2O2/c1-14-11-15(2)13-19(12-14)23-20(25)16-7-9-24(10-8-16)21(26)17-3-5-18(22)6-4-17/h3-6,11-13,16H,7-10H2,1-2H3,(H,23,25). The lowest BCUT2D eigenvalue weighted by Gasteiger charge is -2.31. The molecular weight excluding hydrogens is 348 g/mol. The molecule has 0 saturated carbocycles. The van der Waals surface area contributed by atoms with Gasteiger partial charge in [0.1, 0.15) is 0 Å². The van der Waals surface area contributed by atoms with E-state index in [0.29, 0.717) is 36.5 Å². The van der Waals surface area contributed by atoms with Crippen LogP contribution in [0.5, 0.6) is 0 Å². The molecule has 0 spiro atoms. The van der Waals surface area contributed by atoms with Crippen LogP contribution < -0.4 is 5.32 Å². The Bertz CT molecular complexity index is 789. The molecular formula is C21H23ClN2O2. The molecule has 0 unspecified atom stereocenters. The number of benzene rings is 2. The first-order chi connectivity index (χ1) is 12.4. The number of anilines is 1. The zero-order chi connectivity index (χ0) is 18.7. The molecule has 1 aliphatic rings. The predicted octanol–water partition coefficient (Wildman–Crippen LogP) is 4.45. The number of likely N-dealkylation sites (tertiary alicyclic amines) is 1. The molecule has 2 aromatic carbocycles. The van der Waals surface area contributed by atoms with Crippen molar-refractivity contribution in [1.82, 2.24) is 4.90 Å². The quantitative estimate of drug-likeness (QED) is 0.867. The van der Waals surface area contributed by atoms with Crippen molar-refractivity contribution in [2.24, 2.45) is 5.92 Å². The molecule has 26 heavy (non-hydrogen) atoms. The molecule has 2 aromatic rings. The summed E-state index contributed by atoms with van der Waals surface area (Å²) in [6, 6.07) is 13.0. The predicted molar refractivity (Wildman–Crippen MR) is 105 cm³/mol. The maximum absolute atomic E-state index is 12.5. The molecule has 5 heteroatoms. The van der Waals surface area contributed by atoms with Crippen LogP contribution >= 0.6 is 11.6 Å². The average molecular weight is 371 g/mol. The first-order valence-electron chi connectivity index (χ1n) is 8.86. The van der Waals surface area contributed by atoms with Gasteiger partial charge >= 0.3 is 0 Å². The van der Waals surface area contributed by atoms with Crippen LogP contribution in [0.3, 0.4) is 0 Å². The molecule has 0 radical (unpaired) electrons. The molecule has 1 aliphatic heterocycles. The number of halogens is 1. The number of hydrogen-bond acceptors (Lipinski definition) is 2. The third-order valence-corrected chi connectivity index (χ3v) is 4.99. The Hall–Kier alpha value is -2.33. The van der Waals surface area contributed by atoms with Crippen molar-refractivity contribution in [1.29, 1.82) is 0 Å². The van der Waals surface area contributed by atoms with Crippen LogP contribution in [0.15, 0.2) is 42.5 Å². The van der Waals surface area contributed by atoms with Crippen LogP contribution in [-0.4, -0.2) is 29.8 Å². The van der Waals surface area contributed by atoms with Gasteiger partial charge in [-0.2, -0.15) is 0 Å². The van der Waals surface area contributed by atoms with Gasteiger partial charge in [-0.25, -0.2) is 0 Å². The smallest absolute Gasteiger partial charge is 0.253 e. The lowest BCUT2D eigenvalue weighted by atomic mass is 9.95. The number of amides is 2. The highest BCUT2D eigenvalue weighted by Crippen LogP contribution is 2.22. The molecule has 1 fully saturated rings. The number of carbonyl (C=O) groups is 2. The highest BCUT2D eigenvalue weighted by atomic mass is 35.5. The van der Waals surface area contributed by atoms with E-state index >= 15 is 0 Å². The molecule has 1 heterocycles. The number of rotatable bonds is 3. The van der Waals surface area contributed by atoms with E-state index in [1.165, 1.54) is 0 Å². The van der Waals surface area contributed by atoms with Gasteiger partial charge in [-0.05, 0) is 74.2 Å². The van der Waals surface area contributed by atoms with E-state index in [4.69, 9.17) is 11.6 Å².